The molecule has 0 atom stereocenters. The van der Waals surface area contributed by atoms with E-state index in [0.29, 0.717) is 11.4 Å². The van der Waals surface area contributed by atoms with E-state index in [9.17, 15) is 13.6 Å². The molecule has 6 heteroatoms. The molecule has 1 aromatic heterocycles. The zero-order valence-corrected chi connectivity index (χ0v) is 11.8. The molecule has 0 aliphatic carbocycles. The fourth-order valence-electron chi connectivity index (χ4n) is 2.03. The number of carboxylic acids is 1. The maximum atomic E-state index is 13.9. The van der Waals surface area contributed by atoms with Gasteiger partial charge in [-0.3, -0.25) is 0 Å². The van der Waals surface area contributed by atoms with Crippen LogP contribution >= 0.6 is 15.9 Å². The lowest BCUT2D eigenvalue weighted by atomic mass is 10.2. The number of benzene rings is 1. The van der Waals surface area contributed by atoms with Crippen molar-refractivity contribution in [2.24, 2.45) is 0 Å². The highest BCUT2D eigenvalue weighted by Gasteiger charge is 2.18. The predicted octanol–water partition coefficient (Wildman–Crippen LogP) is 3.83. The average Bonchev–Trinajstić information content (AvgIpc) is 2.60. The van der Waals surface area contributed by atoms with E-state index < -0.39 is 17.6 Å². The van der Waals surface area contributed by atoms with E-state index in [1.807, 2.05) is 0 Å². The molecule has 0 saturated heterocycles. The first kappa shape index (κ1) is 13.7. The van der Waals surface area contributed by atoms with Crippen molar-refractivity contribution in [3.63, 3.8) is 0 Å². The van der Waals surface area contributed by atoms with E-state index in [2.05, 4.69) is 15.9 Å². The second kappa shape index (κ2) is 4.77. The molecule has 1 aromatic carbocycles. The fourth-order valence-corrected chi connectivity index (χ4v) is 2.36. The van der Waals surface area contributed by atoms with Crippen LogP contribution in [0.4, 0.5) is 8.78 Å². The van der Waals surface area contributed by atoms with Crippen LogP contribution in [-0.2, 0) is 0 Å². The van der Waals surface area contributed by atoms with Gasteiger partial charge in [0, 0.05) is 17.5 Å². The lowest BCUT2D eigenvalue weighted by Gasteiger charge is -2.11. The van der Waals surface area contributed by atoms with Crippen molar-refractivity contribution >= 4 is 21.9 Å². The van der Waals surface area contributed by atoms with Gasteiger partial charge in [-0.1, -0.05) is 0 Å². The third kappa shape index (κ3) is 2.28. The van der Waals surface area contributed by atoms with Crippen molar-refractivity contribution in [3.8, 4) is 5.69 Å². The van der Waals surface area contributed by atoms with Gasteiger partial charge in [-0.05, 0) is 41.9 Å². The summed E-state index contributed by atoms with van der Waals surface area (Å²) >= 11 is 2.99. The molecule has 19 heavy (non-hydrogen) atoms. The van der Waals surface area contributed by atoms with Crippen LogP contribution in [0.15, 0.2) is 22.7 Å². The van der Waals surface area contributed by atoms with Gasteiger partial charge in [-0.2, -0.15) is 0 Å². The number of hydrogen-bond donors (Lipinski definition) is 1. The standard InChI is InChI=1S/C13H10BrF2NO2/c1-6-3-8(13(18)19)7(2)17(6)12-4-9(14)10(15)5-11(12)16/h3-5H,1-2H3,(H,18,19). The monoisotopic (exact) mass is 329 g/mol. The lowest BCUT2D eigenvalue weighted by molar-refractivity contribution is 0.0696. The quantitative estimate of drug-likeness (QED) is 0.851. The van der Waals surface area contributed by atoms with Crippen molar-refractivity contribution in [3.05, 3.63) is 51.3 Å². The zero-order valence-electron chi connectivity index (χ0n) is 10.2. The third-order valence-corrected chi connectivity index (χ3v) is 3.50. The Balaban J connectivity index is 2.73. The van der Waals surface area contributed by atoms with Gasteiger partial charge >= 0.3 is 5.97 Å². The van der Waals surface area contributed by atoms with E-state index in [1.54, 1.807) is 13.8 Å². The molecule has 0 unspecified atom stereocenters. The Labute approximate surface area is 116 Å². The Hall–Kier alpha value is -1.69. The van der Waals surface area contributed by atoms with Crippen molar-refractivity contribution in [1.29, 1.82) is 0 Å². The molecule has 1 N–H and O–H groups in total. The third-order valence-electron chi connectivity index (χ3n) is 2.89. The second-order valence-electron chi connectivity index (χ2n) is 4.14. The number of halogens is 3. The molecule has 100 valence electrons. The number of hydrogen-bond acceptors (Lipinski definition) is 1. The molecule has 2 aromatic rings. The van der Waals surface area contributed by atoms with Crippen LogP contribution in [0.5, 0.6) is 0 Å². The van der Waals surface area contributed by atoms with Crippen LogP contribution in [0.1, 0.15) is 21.7 Å². The molecule has 0 aliphatic heterocycles. The van der Waals surface area contributed by atoms with Crippen LogP contribution in [-0.4, -0.2) is 15.6 Å². The second-order valence-corrected chi connectivity index (χ2v) is 5.00. The molecule has 0 spiro atoms. The highest BCUT2D eigenvalue weighted by atomic mass is 79.9. The summed E-state index contributed by atoms with van der Waals surface area (Å²) in [7, 11) is 0. The van der Waals surface area contributed by atoms with E-state index in [1.165, 1.54) is 16.7 Å². The van der Waals surface area contributed by atoms with Crippen LogP contribution < -0.4 is 0 Å². The molecule has 0 radical (unpaired) electrons. The summed E-state index contributed by atoms with van der Waals surface area (Å²) in [5, 5.41) is 9.04. The Morgan fingerprint density at radius 3 is 2.37 bits per heavy atom. The van der Waals surface area contributed by atoms with Gasteiger partial charge in [0.2, 0.25) is 0 Å². The maximum absolute atomic E-state index is 13.9. The van der Waals surface area contributed by atoms with Gasteiger partial charge in [0.05, 0.1) is 15.7 Å². The number of aromatic carboxylic acids is 1. The minimum absolute atomic E-state index is 0.0948. The molecule has 0 fully saturated rings. The summed E-state index contributed by atoms with van der Waals surface area (Å²) in [6.45, 7) is 3.24. The van der Waals surface area contributed by atoms with Crippen molar-refractivity contribution in [2.45, 2.75) is 13.8 Å². The first-order valence-electron chi connectivity index (χ1n) is 5.40. The van der Waals surface area contributed by atoms with Gasteiger partial charge in [-0.15, -0.1) is 0 Å². The normalized spacial score (nSPS) is 10.8. The summed E-state index contributed by atoms with van der Waals surface area (Å²) in [5.41, 5.74) is 1.16. The Morgan fingerprint density at radius 2 is 1.84 bits per heavy atom. The topological polar surface area (TPSA) is 42.2 Å². The van der Waals surface area contributed by atoms with Crippen molar-refractivity contribution in [1.82, 2.24) is 4.57 Å². The van der Waals surface area contributed by atoms with Crippen LogP contribution in [0, 0.1) is 25.5 Å². The SMILES string of the molecule is Cc1cc(C(=O)O)c(C)n1-c1cc(Br)c(F)cc1F. The van der Waals surface area contributed by atoms with Gasteiger partial charge in [0.1, 0.15) is 11.6 Å². The van der Waals surface area contributed by atoms with E-state index in [4.69, 9.17) is 5.11 Å². The highest BCUT2D eigenvalue weighted by molar-refractivity contribution is 9.10. The summed E-state index contributed by atoms with van der Waals surface area (Å²) in [5.74, 6) is -2.54. The molecule has 3 nitrogen and oxygen atoms in total. The first-order valence-corrected chi connectivity index (χ1v) is 6.19. The molecule has 0 aliphatic rings. The molecule has 2 rings (SSSR count). The summed E-state index contributed by atoms with van der Waals surface area (Å²) in [4.78, 5) is 11.0. The largest absolute Gasteiger partial charge is 0.478 e. The Kier molecular flexibility index (Phi) is 3.45. The molecular formula is C13H10BrF2NO2. The van der Waals surface area contributed by atoms with Crippen LogP contribution in [0.2, 0.25) is 0 Å². The maximum Gasteiger partial charge on any atom is 0.337 e. The molecule has 0 amide bonds. The van der Waals surface area contributed by atoms with Crippen LogP contribution in [0.25, 0.3) is 5.69 Å². The van der Waals surface area contributed by atoms with Gasteiger partial charge in [-0.25, -0.2) is 13.6 Å². The molecule has 0 bridgehead atoms. The number of rotatable bonds is 2. The van der Waals surface area contributed by atoms with Crippen molar-refractivity contribution < 1.29 is 18.7 Å². The van der Waals surface area contributed by atoms with Gasteiger partial charge in [0.25, 0.3) is 0 Å². The fraction of sp³-hybridized carbons (Fsp3) is 0.154. The highest BCUT2D eigenvalue weighted by Crippen LogP contribution is 2.27. The molecular weight excluding hydrogens is 320 g/mol. The zero-order chi connectivity index (χ0) is 14.3. The summed E-state index contributed by atoms with van der Waals surface area (Å²) < 4.78 is 28.6. The number of carboxylic acid groups (broad SMARTS) is 1. The summed E-state index contributed by atoms with van der Waals surface area (Å²) in [6.07, 6.45) is 0. The Morgan fingerprint density at radius 1 is 1.21 bits per heavy atom. The number of aromatic nitrogens is 1. The Bertz CT molecular complexity index is 680. The van der Waals surface area contributed by atoms with Gasteiger partial charge in [0.15, 0.2) is 0 Å². The minimum atomic E-state index is -1.08. The van der Waals surface area contributed by atoms with E-state index in [0.717, 1.165) is 6.07 Å². The molecule has 1 heterocycles. The summed E-state index contributed by atoms with van der Waals surface area (Å²) in [6, 6.07) is 3.50. The minimum Gasteiger partial charge on any atom is -0.478 e. The van der Waals surface area contributed by atoms with E-state index in [-0.39, 0.29) is 15.7 Å². The van der Waals surface area contributed by atoms with Crippen molar-refractivity contribution in [2.75, 3.05) is 0 Å². The van der Waals surface area contributed by atoms with E-state index >= 15 is 0 Å². The number of nitrogens with zero attached hydrogens (tertiary/aromatic N) is 1. The van der Waals surface area contributed by atoms with Crippen LogP contribution in [0.3, 0.4) is 0 Å². The first-order chi connectivity index (χ1) is 8.82. The van der Waals surface area contributed by atoms with Gasteiger partial charge < -0.3 is 9.67 Å². The lowest BCUT2D eigenvalue weighted by Crippen LogP contribution is -2.05. The smallest absolute Gasteiger partial charge is 0.337 e. The molecule has 0 saturated carbocycles. The average molecular weight is 330 g/mol. The predicted molar refractivity (Wildman–Crippen MR) is 69.8 cm³/mol. The number of carbonyl (C=O) groups is 1. The number of aryl methyl sites for hydroxylation is 1.